The van der Waals surface area contributed by atoms with E-state index in [9.17, 15) is 9.59 Å². The first kappa shape index (κ1) is 22.2. The van der Waals surface area contributed by atoms with Gasteiger partial charge >= 0.3 is 11.9 Å². The fraction of sp³-hybridized carbons (Fsp3) is 0.636. The van der Waals surface area contributed by atoms with Gasteiger partial charge in [-0.3, -0.25) is 4.79 Å². The molecule has 0 unspecified atom stereocenters. The van der Waals surface area contributed by atoms with Gasteiger partial charge in [0.25, 0.3) is 0 Å². The molecule has 1 rings (SSSR count). The topological polar surface area (TPSA) is 52.6 Å². The highest BCUT2D eigenvalue weighted by Gasteiger charge is 2.31. The zero-order chi connectivity index (χ0) is 19.9. The number of ether oxygens (including phenoxy) is 2. The lowest BCUT2D eigenvalue weighted by Crippen LogP contribution is -2.33. The van der Waals surface area contributed by atoms with Crippen LogP contribution in [0.4, 0.5) is 0 Å². The van der Waals surface area contributed by atoms with Crippen molar-refractivity contribution < 1.29 is 19.1 Å². The molecular formula is C22H34O4. The number of hydrogen-bond donors (Lipinski definition) is 0. The molecule has 0 spiro atoms. The van der Waals surface area contributed by atoms with E-state index in [1.54, 1.807) is 13.0 Å². The molecular weight excluding hydrogens is 328 g/mol. The van der Waals surface area contributed by atoms with Gasteiger partial charge in [0.1, 0.15) is 12.2 Å². The Balaban J connectivity index is 3.23. The molecule has 4 nitrogen and oxygen atoms in total. The van der Waals surface area contributed by atoms with Crippen LogP contribution < -0.4 is 0 Å². The van der Waals surface area contributed by atoms with E-state index in [1.165, 1.54) is 12.5 Å². The summed E-state index contributed by atoms with van der Waals surface area (Å²) in [7, 11) is 0. The second kappa shape index (κ2) is 9.75. The van der Waals surface area contributed by atoms with Crippen molar-refractivity contribution in [1.82, 2.24) is 0 Å². The monoisotopic (exact) mass is 362 g/mol. The van der Waals surface area contributed by atoms with Crippen molar-refractivity contribution in [3.05, 3.63) is 34.9 Å². The Morgan fingerprint density at radius 3 is 2.42 bits per heavy atom. The molecule has 1 aliphatic carbocycles. The predicted molar refractivity (Wildman–Crippen MR) is 105 cm³/mol. The molecule has 26 heavy (non-hydrogen) atoms. The Morgan fingerprint density at radius 2 is 1.85 bits per heavy atom. The first-order chi connectivity index (χ1) is 12.1. The van der Waals surface area contributed by atoms with E-state index in [4.69, 9.17) is 9.47 Å². The van der Waals surface area contributed by atoms with Crippen LogP contribution in [-0.4, -0.2) is 24.1 Å². The van der Waals surface area contributed by atoms with Gasteiger partial charge in [-0.2, -0.15) is 0 Å². The van der Waals surface area contributed by atoms with Crippen molar-refractivity contribution >= 4 is 11.9 Å². The van der Waals surface area contributed by atoms with E-state index in [0.29, 0.717) is 12.0 Å². The average molecular weight is 363 g/mol. The summed E-state index contributed by atoms with van der Waals surface area (Å²) in [5.41, 5.74) is 2.60. The van der Waals surface area contributed by atoms with Gasteiger partial charge in [-0.15, -0.1) is 0 Å². The Morgan fingerprint density at radius 1 is 1.19 bits per heavy atom. The quantitative estimate of drug-likeness (QED) is 0.389. The van der Waals surface area contributed by atoms with Crippen LogP contribution in [0.15, 0.2) is 34.9 Å². The van der Waals surface area contributed by atoms with Gasteiger partial charge in [0.05, 0.1) is 0 Å². The third-order valence-corrected chi connectivity index (χ3v) is 5.06. The van der Waals surface area contributed by atoms with Crippen LogP contribution in [0.2, 0.25) is 0 Å². The molecule has 2 atom stereocenters. The van der Waals surface area contributed by atoms with E-state index in [-0.39, 0.29) is 29.6 Å². The van der Waals surface area contributed by atoms with E-state index in [1.807, 2.05) is 19.9 Å². The van der Waals surface area contributed by atoms with Crippen LogP contribution in [-0.2, 0) is 19.1 Å². The lowest BCUT2D eigenvalue weighted by atomic mass is 9.80. The number of hydrogen-bond acceptors (Lipinski definition) is 4. The van der Waals surface area contributed by atoms with Gasteiger partial charge in [0.15, 0.2) is 0 Å². The van der Waals surface area contributed by atoms with E-state index >= 15 is 0 Å². The number of allylic oxidation sites excluding steroid dienone is 2. The number of carbonyl (C=O) groups is 2. The van der Waals surface area contributed by atoms with E-state index in [2.05, 4.69) is 26.8 Å². The molecule has 0 amide bonds. The average Bonchev–Trinajstić information content (AvgIpc) is 2.56. The fourth-order valence-corrected chi connectivity index (χ4v) is 2.99. The Bertz CT molecular complexity index is 608. The second-order valence-electron chi connectivity index (χ2n) is 7.93. The number of rotatable bonds is 3. The van der Waals surface area contributed by atoms with Crippen LogP contribution in [0.25, 0.3) is 0 Å². The number of esters is 2. The van der Waals surface area contributed by atoms with Crippen LogP contribution in [0.3, 0.4) is 0 Å². The summed E-state index contributed by atoms with van der Waals surface area (Å²) in [4.78, 5) is 23.9. The van der Waals surface area contributed by atoms with E-state index < -0.39 is 0 Å². The van der Waals surface area contributed by atoms with Gasteiger partial charge < -0.3 is 9.47 Å². The summed E-state index contributed by atoms with van der Waals surface area (Å²) >= 11 is 0. The Kier molecular flexibility index (Phi) is 8.32. The van der Waals surface area contributed by atoms with Gasteiger partial charge in [0.2, 0.25) is 0 Å². The van der Waals surface area contributed by atoms with Crippen molar-refractivity contribution in [2.45, 2.75) is 86.4 Å². The molecule has 0 fully saturated rings. The van der Waals surface area contributed by atoms with Crippen molar-refractivity contribution in [1.29, 1.82) is 0 Å². The largest absolute Gasteiger partial charge is 0.458 e. The van der Waals surface area contributed by atoms with Gasteiger partial charge in [-0.25, -0.2) is 4.79 Å². The lowest BCUT2D eigenvalue weighted by molar-refractivity contribution is -0.149. The zero-order valence-corrected chi connectivity index (χ0v) is 17.3. The van der Waals surface area contributed by atoms with Crippen molar-refractivity contribution in [3.8, 4) is 0 Å². The molecule has 0 heterocycles. The molecule has 0 radical (unpaired) electrons. The number of carbonyl (C=O) groups excluding carboxylic acids is 2. The Labute approximate surface area is 158 Å². The minimum absolute atomic E-state index is 0.189. The molecule has 0 bridgehead atoms. The maximum atomic E-state index is 12.3. The molecule has 146 valence electrons. The highest BCUT2D eigenvalue weighted by molar-refractivity contribution is 5.87. The summed E-state index contributed by atoms with van der Waals surface area (Å²) in [6.45, 7) is 13.3. The molecule has 1 aliphatic rings. The third-order valence-electron chi connectivity index (χ3n) is 5.06. The van der Waals surface area contributed by atoms with Crippen molar-refractivity contribution in [2.24, 2.45) is 5.41 Å². The first-order valence-electron chi connectivity index (χ1n) is 9.42. The van der Waals surface area contributed by atoms with Crippen molar-refractivity contribution in [2.75, 3.05) is 0 Å². The summed E-state index contributed by atoms with van der Waals surface area (Å²) in [6, 6.07) is 0. The molecule has 0 aromatic rings. The van der Waals surface area contributed by atoms with Gasteiger partial charge in [-0.05, 0) is 58.6 Å². The van der Waals surface area contributed by atoms with Crippen LogP contribution in [0.1, 0.15) is 74.1 Å². The van der Waals surface area contributed by atoms with Crippen LogP contribution in [0, 0.1) is 5.41 Å². The molecule has 0 saturated carbocycles. The normalized spacial score (nSPS) is 28.7. The maximum absolute atomic E-state index is 12.3. The minimum Gasteiger partial charge on any atom is -0.458 e. The lowest BCUT2D eigenvalue weighted by Gasteiger charge is -2.32. The van der Waals surface area contributed by atoms with E-state index in [0.717, 1.165) is 24.8 Å². The predicted octanol–water partition coefficient (Wildman–Crippen LogP) is 5.29. The van der Waals surface area contributed by atoms with Crippen LogP contribution in [0.5, 0.6) is 0 Å². The third kappa shape index (κ3) is 6.81. The second-order valence-corrected chi connectivity index (χ2v) is 7.93. The maximum Gasteiger partial charge on any atom is 0.333 e. The van der Waals surface area contributed by atoms with Gasteiger partial charge in [-0.1, -0.05) is 31.6 Å². The molecule has 0 aromatic carbocycles. The highest BCUT2D eigenvalue weighted by Crippen LogP contribution is 2.33. The van der Waals surface area contributed by atoms with Crippen LogP contribution >= 0.6 is 0 Å². The summed E-state index contributed by atoms with van der Waals surface area (Å²) < 4.78 is 11.4. The summed E-state index contributed by atoms with van der Waals surface area (Å²) in [5.74, 6) is -0.607. The molecule has 0 N–H and O–H groups in total. The summed E-state index contributed by atoms with van der Waals surface area (Å²) in [6.07, 6.45) is 8.75. The smallest absolute Gasteiger partial charge is 0.333 e. The Hall–Kier alpha value is -1.84. The molecule has 0 aromatic heterocycles. The van der Waals surface area contributed by atoms with Crippen molar-refractivity contribution in [3.63, 3.8) is 0 Å². The molecule has 0 saturated heterocycles. The zero-order valence-electron chi connectivity index (χ0n) is 17.3. The summed E-state index contributed by atoms with van der Waals surface area (Å²) in [5, 5.41) is 0. The molecule has 4 heteroatoms. The van der Waals surface area contributed by atoms with Gasteiger partial charge in [0, 0.05) is 24.3 Å². The molecule has 0 aliphatic heterocycles. The SMILES string of the molecule is C/C=C(/C)C(=O)O[C@H]1C/C=C(\C)CCCC(C)(C)[C@H](OC(C)=O)/C=C\1C. The standard InChI is InChI=1S/C22H34O4/c1-8-16(3)21(24)26-19-12-11-15(2)10-9-13-22(6,7)20(14-17(19)4)25-18(5)23/h8,11,14,19-20H,9-10,12-13H2,1-7H3/b15-11+,16-8-,17-14-/t19-,20+/m0/s1. The fourth-order valence-electron chi connectivity index (χ4n) is 2.99. The highest BCUT2D eigenvalue weighted by atomic mass is 16.5. The minimum atomic E-state index is -0.362. The first-order valence-corrected chi connectivity index (χ1v) is 9.42.